The molecule has 1 amide bonds. The standard InChI is InChI=1S/C18H18ClNO2/c1-12-2-9-17(21)16(10-12)18(22)20(15-7-8-15)11-13-3-5-14(19)6-4-13/h2-6,9-10,15,21H,7-8,11H2,1H3. The van der Waals surface area contributed by atoms with E-state index in [0.29, 0.717) is 17.1 Å². The van der Waals surface area contributed by atoms with Gasteiger partial charge in [0.05, 0.1) is 5.56 Å². The maximum atomic E-state index is 12.8. The zero-order valence-electron chi connectivity index (χ0n) is 12.4. The average molecular weight is 316 g/mol. The highest BCUT2D eigenvalue weighted by Crippen LogP contribution is 2.32. The minimum Gasteiger partial charge on any atom is -0.507 e. The van der Waals surface area contributed by atoms with E-state index in [0.717, 1.165) is 24.0 Å². The van der Waals surface area contributed by atoms with Gasteiger partial charge in [-0.25, -0.2) is 0 Å². The first-order chi connectivity index (χ1) is 10.5. The summed E-state index contributed by atoms with van der Waals surface area (Å²) in [6, 6.07) is 12.9. The smallest absolute Gasteiger partial charge is 0.258 e. The van der Waals surface area contributed by atoms with Crippen molar-refractivity contribution < 1.29 is 9.90 Å². The van der Waals surface area contributed by atoms with Crippen LogP contribution in [0.2, 0.25) is 5.02 Å². The van der Waals surface area contributed by atoms with Crippen molar-refractivity contribution in [1.29, 1.82) is 0 Å². The van der Waals surface area contributed by atoms with E-state index in [9.17, 15) is 9.90 Å². The van der Waals surface area contributed by atoms with E-state index in [4.69, 9.17) is 11.6 Å². The lowest BCUT2D eigenvalue weighted by molar-refractivity contribution is 0.0727. The number of hydrogen-bond acceptors (Lipinski definition) is 2. The predicted molar refractivity (Wildman–Crippen MR) is 87.2 cm³/mol. The second kappa shape index (κ2) is 6.01. The van der Waals surface area contributed by atoms with E-state index in [1.165, 1.54) is 0 Å². The van der Waals surface area contributed by atoms with Gasteiger partial charge >= 0.3 is 0 Å². The maximum absolute atomic E-state index is 12.8. The van der Waals surface area contributed by atoms with Crippen molar-refractivity contribution in [2.75, 3.05) is 0 Å². The third-order valence-electron chi connectivity index (χ3n) is 3.90. The van der Waals surface area contributed by atoms with Gasteiger partial charge in [-0.1, -0.05) is 35.4 Å². The third-order valence-corrected chi connectivity index (χ3v) is 4.15. The van der Waals surface area contributed by atoms with Crippen LogP contribution >= 0.6 is 11.6 Å². The summed E-state index contributed by atoms with van der Waals surface area (Å²) in [6.45, 7) is 2.45. The first kappa shape index (κ1) is 14.9. The Morgan fingerprint density at radius 2 is 1.91 bits per heavy atom. The Bertz CT molecular complexity index is 693. The molecule has 0 radical (unpaired) electrons. The van der Waals surface area contributed by atoms with Gasteiger partial charge < -0.3 is 10.0 Å². The molecule has 0 atom stereocenters. The van der Waals surface area contributed by atoms with Crippen molar-refractivity contribution in [3.63, 3.8) is 0 Å². The molecule has 1 saturated carbocycles. The topological polar surface area (TPSA) is 40.5 Å². The Hall–Kier alpha value is -2.00. The maximum Gasteiger partial charge on any atom is 0.258 e. The van der Waals surface area contributed by atoms with Crippen molar-refractivity contribution in [1.82, 2.24) is 4.90 Å². The van der Waals surface area contributed by atoms with E-state index >= 15 is 0 Å². The van der Waals surface area contributed by atoms with E-state index in [2.05, 4.69) is 0 Å². The van der Waals surface area contributed by atoms with Gasteiger partial charge in [-0.05, 0) is 49.6 Å². The Morgan fingerprint density at radius 3 is 2.55 bits per heavy atom. The Kier molecular flexibility index (Phi) is 4.08. The van der Waals surface area contributed by atoms with Crippen LogP contribution in [-0.2, 0) is 6.54 Å². The normalized spacial score (nSPS) is 13.9. The molecule has 0 aromatic heterocycles. The Morgan fingerprint density at radius 1 is 1.23 bits per heavy atom. The fourth-order valence-electron chi connectivity index (χ4n) is 2.52. The molecule has 0 aliphatic heterocycles. The molecule has 1 fully saturated rings. The number of hydrogen-bond donors (Lipinski definition) is 1. The number of phenolic OH excluding ortho intramolecular Hbond substituents is 1. The number of carbonyl (C=O) groups is 1. The highest BCUT2D eigenvalue weighted by molar-refractivity contribution is 6.30. The quantitative estimate of drug-likeness (QED) is 0.920. The number of benzene rings is 2. The number of rotatable bonds is 4. The summed E-state index contributed by atoms with van der Waals surface area (Å²) in [5.41, 5.74) is 2.38. The van der Waals surface area contributed by atoms with Gasteiger partial charge in [0, 0.05) is 17.6 Å². The largest absolute Gasteiger partial charge is 0.507 e. The van der Waals surface area contributed by atoms with E-state index < -0.39 is 0 Å². The summed E-state index contributed by atoms with van der Waals surface area (Å²) < 4.78 is 0. The highest BCUT2D eigenvalue weighted by atomic mass is 35.5. The van der Waals surface area contributed by atoms with Crippen LogP contribution < -0.4 is 0 Å². The lowest BCUT2D eigenvalue weighted by Gasteiger charge is -2.23. The number of halogens is 1. The molecule has 1 aliphatic carbocycles. The number of aryl methyl sites for hydroxylation is 1. The second-order valence-corrected chi connectivity index (χ2v) is 6.25. The predicted octanol–water partition coefficient (Wildman–Crippen LogP) is 4.16. The molecule has 0 heterocycles. The zero-order valence-corrected chi connectivity index (χ0v) is 13.2. The van der Waals surface area contributed by atoms with Crippen LogP contribution in [0.5, 0.6) is 5.75 Å². The van der Waals surface area contributed by atoms with E-state index in [-0.39, 0.29) is 17.7 Å². The van der Waals surface area contributed by atoms with Gasteiger partial charge in [-0.2, -0.15) is 0 Å². The molecule has 3 rings (SSSR count). The molecular weight excluding hydrogens is 298 g/mol. The number of phenols is 1. The number of amides is 1. The van der Waals surface area contributed by atoms with Crippen molar-refractivity contribution in [3.8, 4) is 5.75 Å². The lowest BCUT2D eigenvalue weighted by atomic mass is 10.1. The van der Waals surface area contributed by atoms with Gasteiger partial charge in [0.2, 0.25) is 0 Å². The molecule has 3 nitrogen and oxygen atoms in total. The molecule has 2 aromatic carbocycles. The number of aromatic hydroxyl groups is 1. The molecule has 0 saturated heterocycles. The molecule has 1 aliphatic rings. The Labute approximate surface area is 135 Å². The van der Waals surface area contributed by atoms with Gasteiger partial charge in [0.15, 0.2) is 0 Å². The van der Waals surface area contributed by atoms with Gasteiger partial charge in [0.1, 0.15) is 5.75 Å². The van der Waals surface area contributed by atoms with Crippen molar-refractivity contribution in [3.05, 3.63) is 64.2 Å². The molecular formula is C18H18ClNO2. The SMILES string of the molecule is Cc1ccc(O)c(C(=O)N(Cc2ccc(Cl)cc2)C2CC2)c1. The summed E-state index contributed by atoms with van der Waals surface area (Å²) in [7, 11) is 0. The zero-order chi connectivity index (χ0) is 15.7. The third kappa shape index (κ3) is 3.25. The van der Waals surface area contributed by atoms with Crippen LogP contribution in [0.3, 0.4) is 0 Å². The minimum absolute atomic E-state index is 0.0392. The molecule has 0 bridgehead atoms. The van der Waals surface area contributed by atoms with Crippen LogP contribution in [-0.4, -0.2) is 22.0 Å². The van der Waals surface area contributed by atoms with Crippen molar-refractivity contribution >= 4 is 17.5 Å². The summed E-state index contributed by atoms with van der Waals surface area (Å²) in [5.74, 6) is -0.0731. The van der Waals surface area contributed by atoms with Crippen LogP contribution in [0, 0.1) is 6.92 Å². The summed E-state index contributed by atoms with van der Waals surface area (Å²) in [5, 5.41) is 10.7. The second-order valence-electron chi connectivity index (χ2n) is 5.81. The summed E-state index contributed by atoms with van der Waals surface area (Å²) in [4.78, 5) is 14.7. The molecule has 1 N–H and O–H groups in total. The van der Waals surface area contributed by atoms with Crippen LogP contribution in [0.25, 0.3) is 0 Å². The van der Waals surface area contributed by atoms with E-state index in [1.807, 2.05) is 36.1 Å². The highest BCUT2D eigenvalue weighted by Gasteiger charge is 2.33. The summed E-state index contributed by atoms with van der Waals surface area (Å²) >= 11 is 5.91. The Balaban J connectivity index is 1.86. The van der Waals surface area contributed by atoms with Crippen LogP contribution in [0.15, 0.2) is 42.5 Å². The van der Waals surface area contributed by atoms with Crippen LogP contribution in [0.1, 0.15) is 34.3 Å². The van der Waals surface area contributed by atoms with E-state index in [1.54, 1.807) is 18.2 Å². The molecule has 0 spiro atoms. The number of carbonyl (C=O) groups excluding carboxylic acids is 1. The average Bonchev–Trinajstić information content (AvgIpc) is 3.33. The van der Waals surface area contributed by atoms with Crippen LogP contribution in [0.4, 0.5) is 0 Å². The lowest BCUT2D eigenvalue weighted by Crippen LogP contribution is -2.32. The molecule has 114 valence electrons. The molecule has 4 heteroatoms. The molecule has 2 aromatic rings. The minimum atomic E-state index is -0.112. The molecule has 22 heavy (non-hydrogen) atoms. The van der Waals surface area contributed by atoms with Gasteiger partial charge in [-0.3, -0.25) is 4.79 Å². The van der Waals surface area contributed by atoms with Gasteiger partial charge in [0.25, 0.3) is 5.91 Å². The first-order valence-electron chi connectivity index (χ1n) is 7.39. The monoisotopic (exact) mass is 315 g/mol. The van der Waals surface area contributed by atoms with Crippen molar-refractivity contribution in [2.24, 2.45) is 0 Å². The molecule has 0 unspecified atom stereocenters. The number of nitrogens with zero attached hydrogens (tertiary/aromatic N) is 1. The van der Waals surface area contributed by atoms with Gasteiger partial charge in [-0.15, -0.1) is 0 Å². The summed E-state index contributed by atoms with van der Waals surface area (Å²) in [6.07, 6.45) is 2.04. The fraction of sp³-hybridized carbons (Fsp3) is 0.278. The van der Waals surface area contributed by atoms with Crippen molar-refractivity contribution in [2.45, 2.75) is 32.4 Å². The fourth-order valence-corrected chi connectivity index (χ4v) is 2.64. The first-order valence-corrected chi connectivity index (χ1v) is 7.77.